The minimum absolute atomic E-state index is 0.0759. The zero-order chi connectivity index (χ0) is 48.8. The Morgan fingerprint density at radius 3 is 2.42 bits per heavy atom. The summed E-state index contributed by atoms with van der Waals surface area (Å²) < 4.78 is 6.93. The highest BCUT2D eigenvalue weighted by molar-refractivity contribution is 8.00. The lowest BCUT2D eigenvalue weighted by molar-refractivity contribution is -0.164. The number of carboxylic acids is 2. The van der Waals surface area contributed by atoms with Gasteiger partial charge in [0.2, 0.25) is 23.8 Å². The molecule has 2 fully saturated rings. The smallest absolute Gasteiger partial charge is 0.353 e. The number of pyridine rings is 1. The average Bonchev–Trinajstić information content (AvgIpc) is 3.93. The molecule has 8 atom stereocenters. The molecule has 1 aromatic carbocycles. The maximum Gasteiger partial charge on any atom is 0.353 e. The SMILES string of the molecule is CNCNC(O)(CCC(=O)NC(CSC1C2=C3C(CCCCCC14CCCC4)CC(Cc1ccncc1)=C1C4NCCCC4Cc4ccccc4CC#CC31C(=O)O2)C(=O)NC(O)C(=O)O)C(=O)O. The first-order chi connectivity index (χ1) is 33.3. The monoisotopic (exact) mass is 966 g/mol. The molecule has 2 aliphatic heterocycles. The largest absolute Gasteiger partial charge is 0.478 e. The number of hydrogen-bond acceptors (Lipinski definition) is 13. The summed E-state index contributed by atoms with van der Waals surface area (Å²) in [6.45, 7) is 0.714. The van der Waals surface area contributed by atoms with E-state index in [2.05, 4.69) is 61.6 Å². The zero-order valence-corrected chi connectivity index (χ0v) is 40.1. The molecule has 0 radical (unpaired) electrons. The molecule has 1 saturated carbocycles. The number of piperidine rings is 1. The van der Waals surface area contributed by atoms with Gasteiger partial charge in [0, 0.05) is 55.7 Å². The van der Waals surface area contributed by atoms with Crippen LogP contribution in [0.15, 0.2) is 71.3 Å². The highest BCUT2D eigenvalue weighted by atomic mass is 32.2. The number of aromatic nitrogens is 1. The summed E-state index contributed by atoms with van der Waals surface area (Å²) in [7, 11) is 1.55. The molecule has 2 amide bonds. The van der Waals surface area contributed by atoms with Crippen molar-refractivity contribution in [1.82, 2.24) is 31.6 Å². The Kier molecular flexibility index (Phi) is 16.0. The van der Waals surface area contributed by atoms with Gasteiger partial charge in [-0.1, -0.05) is 73.8 Å². The van der Waals surface area contributed by atoms with E-state index in [-0.39, 0.29) is 35.7 Å². The maximum atomic E-state index is 15.8. The van der Waals surface area contributed by atoms with Gasteiger partial charge in [-0.2, -0.15) is 0 Å². The average molecular weight is 967 g/mol. The van der Waals surface area contributed by atoms with E-state index in [1.165, 1.54) is 22.9 Å². The number of thioether (sulfide) groups is 1. The fourth-order valence-corrected chi connectivity index (χ4v) is 13.7. The number of nitrogens with one attached hydrogen (secondary N) is 5. The van der Waals surface area contributed by atoms with Gasteiger partial charge in [0.15, 0.2) is 5.41 Å². The standard InChI is InChI=1S/C52H66N6O10S/c1-53-31-56-52(67,48(64)65)23-16-39(59)57-38(45(60)58-46(61)47(62)63)30-69-44-43-41-35(13-3-2-6-19-50(44)20-7-8-21-50)29-37(27-32-17-25-54-26-18-32)40-42-36(15-10-24-55-42)28-34-12-5-4-11-33(34)14-9-22-51(40,41)49(66)68-43/h4-5,11-12,17-18,25-26,35-36,38,42,44,46,53,55-56,61,67H,2-3,6-8,10,13-16,19-21,23-24,27-31H2,1H3,(H,57,59)(H,58,60)(H,62,63)(H,64,65). The van der Waals surface area contributed by atoms with Gasteiger partial charge < -0.3 is 46.4 Å². The Morgan fingerprint density at radius 1 is 0.957 bits per heavy atom. The summed E-state index contributed by atoms with van der Waals surface area (Å²) in [5.74, 6) is 2.39. The van der Waals surface area contributed by atoms with Crippen molar-refractivity contribution in [2.45, 2.75) is 138 Å². The van der Waals surface area contributed by atoms with Crippen LogP contribution < -0.4 is 26.6 Å². The van der Waals surface area contributed by atoms with Crippen LogP contribution in [0.1, 0.15) is 107 Å². The Hall–Kier alpha value is -5.09. The summed E-state index contributed by atoms with van der Waals surface area (Å²) in [6.07, 6.45) is 13.0. The molecule has 9 N–H and O–H groups in total. The van der Waals surface area contributed by atoms with Crippen LogP contribution in [-0.4, -0.2) is 110 Å². The number of esters is 1. The Labute approximate surface area is 407 Å². The van der Waals surface area contributed by atoms with Crippen molar-refractivity contribution in [2.24, 2.45) is 22.7 Å². The minimum Gasteiger partial charge on any atom is -0.478 e. The highest BCUT2D eigenvalue weighted by Gasteiger charge is 2.62. The van der Waals surface area contributed by atoms with Crippen LogP contribution in [-0.2, 0) is 48.0 Å². The molecule has 0 bridgehead atoms. The van der Waals surface area contributed by atoms with Crippen molar-refractivity contribution in [3.63, 3.8) is 0 Å². The van der Waals surface area contributed by atoms with Gasteiger partial charge in [0.05, 0.1) is 5.25 Å². The topological polar surface area (TPSA) is 249 Å². The highest BCUT2D eigenvalue weighted by Crippen LogP contribution is 2.62. The van der Waals surface area contributed by atoms with E-state index >= 15 is 4.79 Å². The molecule has 8 unspecified atom stereocenters. The van der Waals surface area contributed by atoms with Gasteiger partial charge in [0.25, 0.3) is 0 Å². The number of nitrogens with zero attached hydrogens (tertiary/aromatic N) is 1. The van der Waals surface area contributed by atoms with Crippen LogP contribution in [0.3, 0.4) is 0 Å². The molecule has 2 aromatic rings. The fraction of sp³-hybridized carbons (Fsp3) is 0.577. The number of fused-ring (bicyclic) bond motifs is 3. The first-order valence-electron chi connectivity index (χ1n) is 24.6. The number of carboxylic acid groups (broad SMARTS) is 2. The van der Waals surface area contributed by atoms with Crippen molar-refractivity contribution in [2.75, 3.05) is 26.0 Å². The van der Waals surface area contributed by atoms with Gasteiger partial charge in [-0.25, -0.2) is 14.4 Å². The van der Waals surface area contributed by atoms with Crippen LogP contribution in [0, 0.1) is 34.5 Å². The second-order valence-corrected chi connectivity index (χ2v) is 20.9. The number of aliphatic carboxylic acids is 2. The van der Waals surface area contributed by atoms with Crippen molar-refractivity contribution in [1.29, 1.82) is 0 Å². The van der Waals surface area contributed by atoms with E-state index < -0.39 is 71.2 Å². The number of aliphatic hydroxyl groups is 2. The molecule has 2 spiro atoms. The van der Waals surface area contributed by atoms with E-state index in [4.69, 9.17) is 4.74 Å². The van der Waals surface area contributed by atoms with Gasteiger partial charge in [-0.05, 0) is 123 Å². The summed E-state index contributed by atoms with van der Waals surface area (Å²) in [4.78, 5) is 71.5. The summed E-state index contributed by atoms with van der Waals surface area (Å²) in [5, 5.41) is 53.8. The molecule has 1 aromatic heterocycles. The van der Waals surface area contributed by atoms with E-state index in [1.54, 1.807) is 19.4 Å². The number of hydrogen-bond donors (Lipinski definition) is 9. The Balaban J connectivity index is 1.26. The summed E-state index contributed by atoms with van der Waals surface area (Å²) in [6, 6.07) is 10.9. The second kappa shape index (κ2) is 21.9. The third-order valence-electron chi connectivity index (χ3n) is 15.4. The lowest BCUT2D eigenvalue weighted by Crippen LogP contribution is -2.56. The van der Waals surface area contributed by atoms with Crippen LogP contribution in [0.25, 0.3) is 0 Å². The molecule has 4 aliphatic carbocycles. The first kappa shape index (κ1) is 50.3. The van der Waals surface area contributed by atoms with Crippen molar-refractivity contribution in [3.8, 4) is 11.8 Å². The summed E-state index contributed by atoms with van der Waals surface area (Å²) >= 11 is 1.38. The van der Waals surface area contributed by atoms with Gasteiger partial charge >= 0.3 is 17.9 Å². The lowest BCUT2D eigenvalue weighted by atomic mass is 9.57. The zero-order valence-electron chi connectivity index (χ0n) is 39.3. The molecular formula is C52H66N6O10S. The quantitative estimate of drug-likeness (QED) is 0.0502. The summed E-state index contributed by atoms with van der Waals surface area (Å²) in [5.41, 5.74) is 2.40. The van der Waals surface area contributed by atoms with Gasteiger partial charge in [0.1, 0.15) is 11.8 Å². The number of carbonyl (C=O) groups excluding carboxylic acids is 3. The fourth-order valence-electron chi connectivity index (χ4n) is 12.1. The van der Waals surface area contributed by atoms with Crippen molar-refractivity contribution < 1.29 is 49.1 Å². The van der Waals surface area contributed by atoms with Gasteiger partial charge in [-0.3, -0.25) is 19.9 Å². The van der Waals surface area contributed by atoms with Crippen LogP contribution >= 0.6 is 11.8 Å². The van der Waals surface area contributed by atoms with Crippen LogP contribution in [0.4, 0.5) is 0 Å². The lowest BCUT2D eigenvalue weighted by Gasteiger charge is -2.46. The molecule has 1 saturated heterocycles. The van der Waals surface area contributed by atoms with Crippen molar-refractivity contribution >= 4 is 41.5 Å². The number of benzene rings is 1. The third-order valence-corrected chi connectivity index (χ3v) is 17.0. The molecular weight excluding hydrogens is 901 g/mol. The predicted molar refractivity (Wildman–Crippen MR) is 258 cm³/mol. The molecule has 370 valence electrons. The minimum atomic E-state index is -2.47. The van der Waals surface area contributed by atoms with E-state index in [9.17, 15) is 39.6 Å². The molecule has 8 rings (SSSR count). The Bertz CT molecular complexity index is 2400. The molecule has 16 nitrogen and oxygen atoms in total. The van der Waals surface area contributed by atoms with Crippen molar-refractivity contribution in [3.05, 3.63) is 88.0 Å². The van der Waals surface area contributed by atoms with Gasteiger partial charge in [-0.15, -0.1) is 11.8 Å². The first-order valence-corrected chi connectivity index (χ1v) is 25.7. The molecule has 69 heavy (non-hydrogen) atoms. The number of amides is 2. The van der Waals surface area contributed by atoms with Crippen LogP contribution in [0.2, 0.25) is 0 Å². The van der Waals surface area contributed by atoms with E-state index in [1.807, 2.05) is 18.2 Å². The van der Waals surface area contributed by atoms with E-state index in [0.29, 0.717) is 25.0 Å². The number of ether oxygens (including phenoxy) is 1. The maximum absolute atomic E-state index is 15.8. The number of aliphatic hydroxyl groups excluding tert-OH is 1. The normalized spacial score (nSPS) is 26.9. The number of rotatable bonds is 16. The number of carbonyl (C=O) groups is 5. The second-order valence-electron chi connectivity index (χ2n) is 19.8. The Morgan fingerprint density at radius 2 is 1.70 bits per heavy atom. The molecule has 17 heteroatoms. The third kappa shape index (κ3) is 10.7. The van der Waals surface area contributed by atoms with E-state index in [0.717, 1.165) is 106 Å². The number of allylic oxidation sites excluding steroid dienone is 1. The predicted octanol–water partition coefficient (Wildman–Crippen LogP) is 3.86. The molecule has 6 aliphatic rings. The molecule has 3 heterocycles. The van der Waals surface area contributed by atoms with Crippen LogP contribution in [0.5, 0.6) is 0 Å².